The number of alkyl halides is 3. The molecular formula is C18H13F3N2O2S. The fraction of sp³-hybridized carbons (Fsp3) is 0.111. The van der Waals surface area contributed by atoms with Crippen LogP contribution in [0.25, 0.3) is 0 Å². The third-order valence-corrected chi connectivity index (χ3v) is 5.46. The SMILES string of the molecule is O=S(=O)(c1ccc(Cc2cccnc2)cc1)c1ccc(C(F)(F)F)nc1. The van der Waals surface area contributed by atoms with Crippen LogP contribution in [-0.4, -0.2) is 18.4 Å². The molecule has 0 aliphatic rings. The number of rotatable bonds is 4. The summed E-state index contributed by atoms with van der Waals surface area (Å²) in [7, 11) is -3.93. The van der Waals surface area contributed by atoms with Crippen LogP contribution in [0.2, 0.25) is 0 Å². The second kappa shape index (κ2) is 6.87. The zero-order valence-electron chi connectivity index (χ0n) is 13.3. The Bertz CT molecular complexity index is 985. The molecule has 3 aromatic rings. The van der Waals surface area contributed by atoms with E-state index >= 15 is 0 Å². The van der Waals surface area contributed by atoms with Crippen LogP contribution in [0.4, 0.5) is 13.2 Å². The topological polar surface area (TPSA) is 59.9 Å². The van der Waals surface area contributed by atoms with Gasteiger partial charge < -0.3 is 0 Å². The number of hydrogen-bond donors (Lipinski definition) is 0. The number of halogens is 3. The summed E-state index contributed by atoms with van der Waals surface area (Å²) in [4.78, 5) is 6.93. The number of nitrogens with zero attached hydrogens (tertiary/aromatic N) is 2. The van der Waals surface area contributed by atoms with Crippen LogP contribution in [0.3, 0.4) is 0 Å². The van der Waals surface area contributed by atoms with Gasteiger partial charge in [-0.25, -0.2) is 8.42 Å². The van der Waals surface area contributed by atoms with Gasteiger partial charge in [0.1, 0.15) is 5.69 Å². The van der Waals surface area contributed by atoms with Crippen LogP contribution >= 0.6 is 0 Å². The lowest BCUT2D eigenvalue weighted by molar-refractivity contribution is -0.141. The molecule has 0 saturated carbocycles. The van der Waals surface area contributed by atoms with Crippen LogP contribution in [-0.2, 0) is 22.4 Å². The smallest absolute Gasteiger partial charge is 0.264 e. The molecule has 0 aliphatic heterocycles. The van der Waals surface area contributed by atoms with Crippen LogP contribution in [0.5, 0.6) is 0 Å². The molecule has 0 fully saturated rings. The van der Waals surface area contributed by atoms with Gasteiger partial charge in [0.15, 0.2) is 0 Å². The average molecular weight is 378 g/mol. The van der Waals surface area contributed by atoms with Crippen LogP contribution < -0.4 is 0 Å². The number of hydrogen-bond acceptors (Lipinski definition) is 4. The summed E-state index contributed by atoms with van der Waals surface area (Å²) in [6, 6.07) is 11.5. The molecule has 3 rings (SSSR count). The van der Waals surface area contributed by atoms with Gasteiger partial charge in [0.25, 0.3) is 0 Å². The van der Waals surface area contributed by atoms with Gasteiger partial charge in [-0.15, -0.1) is 0 Å². The van der Waals surface area contributed by atoms with Gasteiger partial charge >= 0.3 is 6.18 Å². The van der Waals surface area contributed by atoms with Crippen LogP contribution in [0.1, 0.15) is 16.8 Å². The van der Waals surface area contributed by atoms with Crippen molar-refractivity contribution in [1.82, 2.24) is 9.97 Å². The molecule has 26 heavy (non-hydrogen) atoms. The Morgan fingerprint density at radius 1 is 0.846 bits per heavy atom. The zero-order valence-corrected chi connectivity index (χ0v) is 14.1. The molecule has 0 aliphatic carbocycles. The molecule has 134 valence electrons. The normalized spacial score (nSPS) is 12.1. The Kier molecular flexibility index (Phi) is 4.78. The molecule has 0 bridgehead atoms. The second-order valence-electron chi connectivity index (χ2n) is 5.56. The van der Waals surface area contributed by atoms with Gasteiger partial charge in [-0.2, -0.15) is 13.2 Å². The van der Waals surface area contributed by atoms with Gasteiger partial charge in [0.05, 0.1) is 9.79 Å². The molecule has 0 radical (unpaired) electrons. The first kappa shape index (κ1) is 18.1. The Morgan fingerprint density at radius 2 is 1.54 bits per heavy atom. The molecule has 2 heterocycles. The summed E-state index contributed by atoms with van der Waals surface area (Å²) in [6.45, 7) is 0. The molecule has 0 spiro atoms. The summed E-state index contributed by atoms with van der Waals surface area (Å²) >= 11 is 0. The van der Waals surface area contributed by atoms with Crippen molar-refractivity contribution in [2.45, 2.75) is 22.4 Å². The number of sulfone groups is 1. The summed E-state index contributed by atoms with van der Waals surface area (Å²) in [6.07, 6.45) is 0.0870. The lowest BCUT2D eigenvalue weighted by atomic mass is 10.1. The highest BCUT2D eigenvalue weighted by Gasteiger charge is 2.32. The van der Waals surface area contributed by atoms with E-state index in [4.69, 9.17) is 0 Å². The van der Waals surface area contributed by atoms with E-state index < -0.39 is 21.7 Å². The van der Waals surface area contributed by atoms with E-state index in [0.717, 1.165) is 23.4 Å². The first-order valence-corrected chi connectivity index (χ1v) is 9.01. The molecule has 2 aromatic heterocycles. The lowest BCUT2D eigenvalue weighted by Crippen LogP contribution is -2.09. The van der Waals surface area contributed by atoms with E-state index in [0.29, 0.717) is 12.5 Å². The third kappa shape index (κ3) is 3.91. The first-order valence-electron chi connectivity index (χ1n) is 7.53. The van der Waals surface area contributed by atoms with Crippen LogP contribution in [0.15, 0.2) is 76.9 Å². The van der Waals surface area contributed by atoms with Crippen molar-refractivity contribution in [2.24, 2.45) is 0 Å². The highest BCUT2D eigenvalue weighted by atomic mass is 32.2. The summed E-state index contributed by atoms with van der Waals surface area (Å²) < 4.78 is 62.7. The van der Waals surface area contributed by atoms with E-state index in [2.05, 4.69) is 9.97 Å². The summed E-state index contributed by atoms with van der Waals surface area (Å²) in [5.74, 6) is 0. The van der Waals surface area contributed by atoms with Gasteiger partial charge in [-0.3, -0.25) is 9.97 Å². The standard InChI is InChI=1S/C18H13F3N2O2S/c19-18(20,21)17-8-7-16(12-23-17)26(24,25)15-5-3-13(4-6-15)10-14-2-1-9-22-11-14/h1-9,11-12H,10H2. The molecule has 0 saturated heterocycles. The van der Waals surface area contributed by atoms with Gasteiger partial charge in [-0.1, -0.05) is 18.2 Å². The van der Waals surface area contributed by atoms with E-state index in [1.54, 1.807) is 24.5 Å². The molecule has 0 N–H and O–H groups in total. The lowest BCUT2D eigenvalue weighted by Gasteiger charge is -2.08. The van der Waals surface area contributed by atoms with E-state index in [9.17, 15) is 21.6 Å². The zero-order chi connectivity index (χ0) is 18.8. The van der Waals surface area contributed by atoms with Gasteiger partial charge in [0.2, 0.25) is 9.84 Å². The molecule has 0 unspecified atom stereocenters. The highest BCUT2D eigenvalue weighted by Crippen LogP contribution is 2.29. The molecule has 0 atom stereocenters. The molecule has 4 nitrogen and oxygen atoms in total. The Hall–Kier alpha value is -2.74. The monoisotopic (exact) mass is 378 g/mol. The quantitative estimate of drug-likeness (QED) is 0.690. The number of aromatic nitrogens is 2. The van der Waals surface area contributed by atoms with Crippen molar-refractivity contribution in [2.75, 3.05) is 0 Å². The fourth-order valence-corrected chi connectivity index (χ4v) is 3.57. The molecule has 1 aromatic carbocycles. The maximum absolute atomic E-state index is 12.5. The molecular weight excluding hydrogens is 365 g/mol. The summed E-state index contributed by atoms with van der Waals surface area (Å²) in [5, 5.41) is 0. The van der Waals surface area contributed by atoms with Crippen molar-refractivity contribution in [3.05, 3.63) is 83.9 Å². The van der Waals surface area contributed by atoms with Crippen molar-refractivity contribution in [1.29, 1.82) is 0 Å². The van der Waals surface area contributed by atoms with Crippen molar-refractivity contribution >= 4 is 9.84 Å². The Morgan fingerprint density at radius 3 is 2.08 bits per heavy atom. The number of pyridine rings is 2. The first-order chi connectivity index (χ1) is 12.3. The maximum Gasteiger partial charge on any atom is 0.433 e. The third-order valence-electron chi connectivity index (χ3n) is 3.70. The molecule has 8 heteroatoms. The Balaban J connectivity index is 1.83. The van der Waals surface area contributed by atoms with Crippen LogP contribution in [0, 0.1) is 0 Å². The molecule has 0 amide bonds. The minimum Gasteiger partial charge on any atom is -0.264 e. The predicted octanol–water partition coefficient (Wildman–Crippen LogP) is 3.92. The largest absolute Gasteiger partial charge is 0.433 e. The average Bonchev–Trinajstić information content (AvgIpc) is 2.62. The highest BCUT2D eigenvalue weighted by molar-refractivity contribution is 7.91. The maximum atomic E-state index is 12.5. The minimum atomic E-state index is -4.61. The predicted molar refractivity (Wildman–Crippen MR) is 88.2 cm³/mol. The second-order valence-corrected chi connectivity index (χ2v) is 7.51. The van der Waals surface area contributed by atoms with Crippen molar-refractivity contribution in [3.8, 4) is 0 Å². The van der Waals surface area contributed by atoms with Gasteiger partial charge in [0, 0.05) is 18.6 Å². The van der Waals surface area contributed by atoms with E-state index in [1.807, 2.05) is 12.1 Å². The van der Waals surface area contributed by atoms with E-state index in [1.165, 1.54) is 12.1 Å². The van der Waals surface area contributed by atoms with Gasteiger partial charge in [-0.05, 0) is 47.9 Å². The fourth-order valence-electron chi connectivity index (χ4n) is 2.37. The minimum absolute atomic E-state index is 0.00556. The van der Waals surface area contributed by atoms with Crippen molar-refractivity contribution in [3.63, 3.8) is 0 Å². The Labute approximate surface area is 148 Å². The number of benzene rings is 1. The van der Waals surface area contributed by atoms with Crippen molar-refractivity contribution < 1.29 is 21.6 Å². The summed E-state index contributed by atoms with van der Waals surface area (Å²) in [5.41, 5.74) is 0.737. The van der Waals surface area contributed by atoms with E-state index in [-0.39, 0.29) is 9.79 Å².